The lowest BCUT2D eigenvalue weighted by molar-refractivity contribution is 0.537. The van der Waals surface area contributed by atoms with E-state index in [0.717, 1.165) is 11.5 Å². The molecule has 0 saturated carbocycles. The molecule has 0 spiro atoms. The Morgan fingerprint density at radius 1 is 1.20 bits per heavy atom. The number of unbranched alkanes of at least 4 members (excludes halogenated alkanes) is 1. The summed E-state index contributed by atoms with van der Waals surface area (Å²) in [7, 11) is 0. The highest BCUT2D eigenvalue weighted by molar-refractivity contribution is 5.19. The van der Waals surface area contributed by atoms with Gasteiger partial charge in [-0.1, -0.05) is 62.6 Å². The summed E-state index contributed by atoms with van der Waals surface area (Å²) >= 11 is 0. The first-order valence-electron chi connectivity index (χ1n) is 6.01. The number of hydrogen-bond acceptors (Lipinski definition) is 0. The van der Waals surface area contributed by atoms with E-state index in [-0.39, 0.29) is 0 Å². The standard InChI is InChI=1S/C15H26/c1-13(2)9-6-7-11-15(5)12-8-10-14(3)4/h8,10,12-13H,3,6-7,9,11H2,1-2,4-5H3/b10-8-,15-12+. The highest BCUT2D eigenvalue weighted by Gasteiger charge is 1.94. The van der Waals surface area contributed by atoms with Gasteiger partial charge in [-0.15, -0.1) is 0 Å². The highest BCUT2D eigenvalue weighted by atomic mass is 14.0. The lowest BCUT2D eigenvalue weighted by Crippen LogP contribution is -1.87. The van der Waals surface area contributed by atoms with Crippen LogP contribution in [0.15, 0.2) is 36.0 Å². The van der Waals surface area contributed by atoms with Gasteiger partial charge in [-0.2, -0.15) is 0 Å². The first-order chi connectivity index (χ1) is 7.02. The van der Waals surface area contributed by atoms with Crippen LogP contribution in [0.25, 0.3) is 0 Å². The van der Waals surface area contributed by atoms with Gasteiger partial charge in [-0.3, -0.25) is 0 Å². The van der Waals surface area contributed by atoms with Gasteiger partial charge in [-0.05, 0) is 32.6 Å². The van der Waals surface area contributed by atoms with Crippen LogP contribution in [0.2, 0.25) is 0 Å². The van der Waals surface area contributed by atoms with Gasteiger partial charge in [0.2, 0.25) is 0 Å². The minimum atomic E-state index is 0.845. The molecule has 0 unspecified atom stereocenters. The molecule has 0 aliphatic heterocycles. The topological polar surface area (TPSA) is 0 Å². The van der Waals surface area contributed by atoms with E-state index in [1.807, 2.05) is 6.92 Å². The molecule has 0 aliphatic rings. The molecule has 0 bridgehead atoms. The van der Waals surface area contributed by atoms with Gasteiger partial charge in [0.05, 0.1) is 0 Å². The molecule has 15 heavy (non-hydrogen) atoms. The quantitative estimate of drug-likeness (QED) is 0.392. The molecule has 0 aromatic rings. The predicted octanol–water partition coefficient (Wildman–Crippen LogP) is 5.28. The Kier molecular flexibility index (Phi) is 8.08. The molecular weight excluding hydrogens is 180 g/mol. The van der Waals surface area contributed by atoms with Gasteiger partial charge in [0.1, 0.15) is 0 Å². The Hall–Kier alpha value is -0.780. The van der Waals surface area contributed by atoms with Crippen LogP contribution < -0.4 is 0 Å². The zero-order valence-corrected chi connectivity index (χ0v) is 10.8. The van der Waals surface area contributed by atoms with E-state index >= 15 is 0 Å². The van der Waals surface area contributed by atoms with Crippen molar-refractivity contribution in [3.8, 4) is 0 Å². The first kappa shape index (κ1) is 14.2. The molecule has 0 aromatic heterocycles. The zero-order chi connectivity index (χ0) is 11.7. The van der Waals surface area contributed by atoms with E-state index < -0.39 is 0 Å². The van der Waals surface area contributed by atoms with Crippen molar-refractivity contribution in [1.29, 1.82) is 0 Å². The van der Waals surface area contributed by atoms with Crippen molar-refractivity contribution < 1.29 is 0 Å². The molecule has 0 fully saturated rings. The fraction of sp³-hybridized carbons (Fsp3) is 0.600. The average molecular weight is 206 g/mol. The largest absolute Gasteiger partial charge is 0.0961 e. The van der Waals surface area contributed by atoms with Crippen molar-refractivity contribution in [1.82, 2.24) is 0 Å². The Morgan fingerprint density at radius 3 is 2.40 bits per heavy atom. The van der Waals surface area contributed by atoms with Crippen LogP contribution in [0.4, 0.5) is 0 Å². The monoisotopic (exact) mass is 206 g/mol. The summed E-state index contributed by atoms with van der Waals surface area (Å²) in [5.74, 6) is 0.845. The summed E-state index contributed by atoms with van der Waals surface area (Å²) in [4.78, 5) is 0. The van der Waals surface area contributed by atoms with Gasteiger partial charge >= 0.3 is 0 Å². The maximum atomic E-state index is 3.83. The normalized spacial score (nSPS) is 12.7. The van der Waals surface area contributed by atoms with Crippen LogP contribution in [0, 0.1) is 5.92 Å². The van der Waals surface area contributed by atoms with E-state index in [1.165, 1.54) is 31.3 Å². The SMILES string of the molecule is C=C(C)/C=C\C=C(/C)CCCCC(C)C. The van der Waals surface area contributed by atoms with Crippen LogP contribution >= 0.6 is 0 Å². The van der Waals surface area contributed by atoms with Crippen molar-refractivity contribution in [2.24, 2.45) is 5.92 Å². The molecule has 0 rings (SSSR count). The third-order valence-electron chi connectivity index (χ3n) is 2.36. The number of rotatable bonds is 7. The Morgan fingerprint density at radius 2 is 1.87 bits per heavy atom. The Bertz CT molecular complexity index is 228. The highest BCUT2D eigenvalue weighted by Crippen LogP contribution is 2.12. The van der Waals surface area contributed by atoms with E-state index in [4.69, 9.17) is 0 Å². The molecule has 0 radical (unpaired) electrons. The Labute approximate surface area is 95.8 Å². The summed E-state index contributed by atoms with van der Waals surface area (Å²) in [6, 6.07) is 0. The van der Waals surface area contributed by atoms with Crippen LogP contribution in [0.1, 0.15) is 53.4 Å². The molecule has 0 N–H and O–H groups in total. The maximum Gasteiger partial charge on any atom is -0.0320 e. The van der Waals surface area contributed by atoms with Crippen molar-refractivity contribution in [2.75, 3.05) is 0 Å². The van der Waals surface area contributed by atoms with Gasteiger partial charge < -0.3 is 0 Å². The molecule has 0 atom stereocenters. The maximum absolute atomic E-state index is 3.83. The molecule has 0 heteroatoms. The fourth-order valence-electron chi connectivity index (χ4n) is 1.42. The van der Waals surface area contributed by atoms with E-state index in [2.05, 4.69) is 45.6 Å². The van der Waals surface area contributed by atoms with Crippen molar-refractivity contribution >= 4 is 0 Å². The molecule has 0 amide bonds. The van der Waals surface area contributed by atoms with Crippen molar-refractivity contribution in [3.05, 3.63) is 36.0 Å². The zero-order valence-electron chi connectivity index (χ0n) is 10.8. The third kappa shape index (κ3) is 11.1. The first-order valence-corrected chi connectivity index (χ1v) is 6.01. The van der Waals surface area contributed by atoms with Gasteiger partial charge in [0, 0.05) is 0 Å². The molecular formula is C15H26. The average Bonchev–Trinajstić information content (AvgIpc) is 2.11. The van der Waals surface area contributed by atoms with E-state index in [0.29, 0.717) is 0 Å². The second-order valence-corrected chi connectivity index (χ2v) is 4.86. The lowest BCUT2D eigenvalue weighted by Gasteiger charge is -2.04. The lowest BCUT2D eigenvalue weighted by atomic mass is 10.0. The second-order valence-electron chi connectivity index (χ2n) is 4.86. The van der Waals surface area contributed by atoms with Crippen LogP contribution in [0.3, 0.4) is 0 Å². The van der Waals surface area contributed by atoms with E-state index in [9.17, 15) is 0 Å². The van der Waals surface area contributed by atoms with Gasteiger partial charge in [0.15, 0.2) is 0 Å². The number of allylic oxidation sites excluding steroid dienone is 5. The summed E-state index contributed by atoms with van der Waals surface area (Å²) in [5.41, 5.74) is 2.58. The smallest absolute Gasteiger partial charge is 0.0320 e. The number of hydrogen-bond donors (Lipinski definition) is 0. The second kappa shape index (κ2) is 8.52. The summed E-state index contributed by atoms with van der Waals surface area (Å²) in [6.45, 7) is 12.6. The van der Waals surface area contributed by atoms with Crippen LogP contribution in [-0.2, 0) is 0 Å². The fourth-order valence-corrected chi connectivity index (χ4v) is 1.42. The molecule has 0 saturated heterocycles. The minimum Gasteiger partial charge on any atom is -0.0961 e. The predicted molar refractivity (Wildman–Crippen MR) is 71.0 cm³/mol. The third-order valence-corrected chi connectivity index (χ3v) is 2.36. The van der Waals surface area contributed by atoms with Gasteiger partial charge in [-0.25, -0.2) is 0 Å². The molecule has 86 valence electrons. The summed E-state index contributed by atoms with van der Waals surface area (Å²) in [5, 5.41) is 0. The summed E-state index contributed by atoms with van der Waals surface area (Å²) in [6.07, 6.45) is 11.6. The molecule has 0 nitrogen and oxygen atoms in total. The molecule has 0 heterocycles. The van der Waals surface area contributed by atoms with Gasteiger partial charge in [0.25, 0.3) is 0 Å². The molecule has 0 aliphatic carbocycles. The van der Waals surface area contributed by atoms with Crippen LogP contribution in [0.5, 0.6) is 0 Å². The van der Waals surface area contributed by atoms with E-state index in [1.54, 1.807) is 0 Å². The Balaban J connectivity index is 3.64. The van der Waals surface area contributed by atoms with Crippen molar-refractivity contribution in [3.63, 3.8) is 0 Å². The van der Waals surface area contributed by atoms with Crippen molar-refractivity contribution in [2.45, 2.75) is 53.4 Å². The summed E-state index contributed by atoms with van der Waals surface area (Å²) < 4.78 is 0. The van der Waals surface area contributed by atoms with Crippen LogP contribution in [-0.4, -0.2) is 0 Å². The minimum absolute atomic E-state index is 0.845. The molecule has 0 aromatic carbocycles.